The molecule has 0 heterocycles. The molecule has 0 aliphatic carbocycles. The lowest BCUT2D eigenvalue weighted by atomic mass is 10.0. The van der Waals surface area contributed by atoms with Crippen molar-refractivity contribution in [1.29, 1.82) is 0 Å². The van der Waals surface area contributed by atoms with Gasteiger partial charge in [0.2, 0.25) is 5.91 Å². The van der Waals surface area contributed by atoms with Gasteiger partial charge in [-0.25, -0.2) is 0 Å². The van der Waals surface area contributed by atoms with Crippen LogP contribution in [0.15, 0.2) is 59.1 Å². The molecule has 0 radical (unpaired) electrons. The number of hydrogen-bond acceptors (Lipinski definition) is 2. The minimum absolute atomic E-state index is 0.0428. The van der Waals surface area contributed by atoms with Crippen LogP contribution in [-0.4, -0.2) is 5.91 Å². The maximum atomic E-state index is 12.1. The highest BCUT2D eigenvalue weighted by molar-refractivity contribution is 9.10. The average molecular weight is 347 g/mol. The second-order valence-electron chi connectivity index (χ2n) is 5.07. The van der Waals surface area contributed by atoms with E-state index in [2.05, 4.69) is 21.2 Å². The van der Waals surface area contributed by atoms with Gasteiger partial charge in [0.25, 0.3) is 0 Å². The van der Waals surface area contributed by atoms with Gasteiger partial charge in [0.15, 0.2) is 0 Å². The topological polar surface area (TPSA) is 55.1 Å². The molecule has 0 fully saturated rings. The number of hydrogen-bond donors (Lipinski definition) is 2. The molecule has 110 valence electrons. The van der Waals surface area contributed by atoms with E-state index in [0.717, 1.165) is 15.6 Å². The van der Waals surface area contributed by atoms with Gasteiger partial charge in [0.1, 0.15) is 0 Å². The van der Waals surface area contributed by atoms with Gasteiger partial charge in [-0.1, -0.05) is 58.4 Å². The van der Waals surface area contributed by atoms with E-state index in [0.29, 0.717) is 0 Å². The number of amides is 1. The number of benzene rings is 2. The Kier molecular flexibility index (Phi) is 5.53. The van der Waals surface area contributed by atoms with Crippen LogP contribution in [0.3, 0.4) is 0 Å². The van der Waals surface area contributed by atoms with Crippen molar-refractivity contribution in [3.05, 3.63) is 70.2 Å². The molecule has 4 heteroatoms. The Morgan fingerprint density at radius 3 is 2.48 bits per heavy atom. The maximum Gasteiger partial charge on any atom is 0.222 e. The number of carbonyl (C=O) groups is 1. The SMILES string of the molecule is C[C@@H](NC(=O)CC(N)c1ccccc1)c1cccc(Br)c1. The van der Waals surface area contributed by atoms with Gasteiger partial charge in [-0.15, -0.1) is 0 Å². The van der Waals surface area contributed by atoms with E-state index < -0.39 is 0 Å². The van der Waals surface area contributed by atoms with Gasteiger partial charge in [-0.05, 0) is 30.2 Å². The third-order valence-corrected chi connectivity index (χ3v) is 3.85. The first kappa shape index (κ1) is 15.7. The number of rotatable bonds is 5. The summed E-state index contributed by atoms with van der Waals surface area (Å²) in [6.45, 7) is 1.97. The Labute approximate surface area is 133 Å². The summed E-state index contributed by atoms with van der Waals surface area (Å²) in [4.78, 5) is 12.1. The monoisotopic (exact) mass is 346 g/mol. The third kappa shape index (κ3) is 4.69. The van der Waals surface area contributed by atoms with Crippen molar-refractivity contribution in [3.8, 4) is 0 Å². The Bertz CT molecular complexity index is 601. The summed E-state index contributed by atoms with van der Waals surface area (Å²) >= 11 is 3.43. The van der Waals surface area contributed by atoms with Crippen molar-refractivity contribution in [2.24, 2.45) is 5.73 Å². The number of nitrogens with one attached hydrogen (secondary N) is 1. The molecule has 2 rings (SSSR count). The molecule has 0 aromatic heterocycles. The summed E-state index contributed by atoms with van der Waals surface area (Å²) in [6, 6.07) is 17.3. The normalized spacial score (nSPS) is 13.5. The fourth-order valence-corrected chi connectivity index (χ4v) is 2.59. The van der Waals surface area contributed by atoms with Crippen LogP contribution in [0.1, 0.15) is 36.6 Å². The highest BCUT2D eigenvalue weighted by Gasteiger charge is 2.14. The quantitative estimate of drug-likeness (QED) is 0.866. The third-order valence-electron chi connectivity index (χ3n) is 3.36. The molecule has 3 N–H and O–H groups in total. The maximum absolute atomic E-state index is 12.1. The van der Waals surface area contributed by atoms with Gasteiger partial charge >= 0.3 is 0 Å². The molecule has 2 aromatic rings. The Morgan fingerprint density at radius 2 is 1.81 bits per heavy atom. The van der Waals surface area contributed by atoms with Crippen LogP contribution in [0.25, 0.3) is 0 Å². The molecule has 0 aliphatic rings. The molecule has 2 atom stereocenters. The first-order valence-electron chi connectivity index (χ1n) is 6.91. The fourth-order valence-electron chi connectivity index (χ4n) is 2.18. The van der Waals surface area contributed by atoms with E-state index in [-0.39, 0.29) is 24.4 Å². The summed E-state index contributed by atoms with van der Waals surface area (Å²) in [5.74, 6) is -0.0428. The predicted octanol–water partition coefficient (Wildman–Crippen LogP) is 3.72. The largest absolute Gasteiger partial charge is 0.350 e. The molecule has 2 aromatic carbocycles. The van der Waals surface area contributed by atoms with Crippen molar-refractivity contribution in [3.63, 3.8) is 0 Å². The van der Waals surface area contributed by atoms with E-state index in [1.54, 1.807) is 0 Å². The smallest absolute Gasteiger partial charge is 0.222 e. The van der Waals surface area contributed by atoms with Crippen molar-refractivity contribution in [2.45, 2.75) is 25.4 Å². The zero-order chi connectivity index (χ0) is 15.2. The Hall–Kier alpha value is -1.65. The zero-order valence-corrected chi connectivity index (χ0v) is 13.5. The van der Waals surface area contributed by atoms with Crippen LogP contribution in [0, 0.1) is 0 Å². The molecular formula is C17H19BrN2O. The van der Waals surface area contributed by atoms with Gasteiger partial charge in [0, 0.05) is 16.9 Å². The molecule has 0 saturated carbocycles. The number of halogens is 1. The van der Waals surface area contributed by atoms with E-state index in [9.17, 15) is 4.79 Å². The van der Waals surface area contributed by atoms with E-state index in [4.69, 9.17) is 5.73 Å². The molecule has 0 saturated heterocycles. The predicted molar refractivity (Wildman–Crippen MR) is 88.7 cm³/mol. The summed E-state index contributed by atoms with van der Waals surface area (Å²) in [7, 11) is 0. The van der Waals surface area contributed by atoms with Crippen LogP contribution in [-0.2, 0) is 4.79 Å². The average Bonchev–Trinajstić information content (AvgIpc) is 2.48. The molecule has 0 bridgehead atoms. The van der Waals surface area contributed by atoms with Crippen LogP contribution in [0.4, 0.5) is 0 Å². The number of carbonyl (C=O) groups excluding carboxylic acids is 1. The summed E-state index contributed by atoms with van der Waals surface area (Å²) < 4.78 is 1.00. The first-order valence-corrected chi connectivity index (χ1v) is 7.71. The lowest BCUT2D eigenvalue weighted by Gasteiger charge is -2.17. The summed E-state index contributed by atoms with van der Waals surface area (Å²) in [5, 5.41) is 2.98. The Morgan fingerprint density at radius 1 is 1.14 bits per heavy atom. The zero-order valence-electron chi connectivity index (χ0n) is 11.9. The molecular weight excluding hydrogens is 328 g/mol. The lowest BCUT2D eigenvalue weighted by Crippen LogP contribution is -2.29. The van der Waals surface area contributed by atoms with Crippen LogP contribution >= 0.6 is 15.9 Å². The van der Waals surface area contributed by atoms with Crippen LogP contribution < -0.4 is 11.1 Å². The van der Waals surface area contributed by atoms with Crippen molar-refractivity contribution in [1.82, 2.24) is 5.32 Å². The van der Waals surface area contributed by atoms with Gasteiger partial charge in [0.05, 0.1) is 6.04 Å². The highest BCUT2D eigenvalue weighted by Crippen LogP contribution is 2.19. The van der Waals surface area contributed by atoms with Gasteiger partial charge in [-0.2, -0.15) is 0 Å². The fraction of sp³-hybridized carbons (Fsp3) is 0.235. The van der Waals surface area contributed by atoms with E-state index in [1.807, 2.05) is 61.5 Å². The highest BCUT2D eigenvalue weighted by atomic mass is 79.9. The Balaban J connectivity index is 1.92. The minimum Gasteiger partial charge on any atom is -0.350 e. The lowest BCUT2D eigenvalue weighted by molar-refractivity contribution is -0.122. The second-order valence-corrected chi connectivity index (χ2v) is 5.98. The van der Waals surface area contributed by atoms with Crippen molar-refractivity contribution < 1.29 is 4.79 Å². The van der Waals surface area contributed by atoms with E-state index >= 15 is 0 Å². The van der Waals surface area contributed by atoms with Crippen molar-refractivity contribution in [2.75, 3.05) is 0 Å². The molecule has 3 nitrogen and oxygen atoms in total. The molecule has 1 amide bonds. The first-order chi connectivity index (χ1) is 10.1. The minimum atomic E-state index is -0.277. The molecule has 21 heavy (non-hydrogen) atoms. The van der Waals surface area contributed by atoms with E-state index in [1.165, 1.54) is 0 Å². The molecule has 0 aliphatic heterocycles. The van der Waals surface area contributed by atoms with Crippen LogP contribution in [0.5, 0.6) is 0 Å². The summed E-state index contributed by atoms with van der Waals surface area (Å²) in [5.41, 5.74) is 8.10. The molecule has 1 unspecified atom stereocenters. The van der Waals surface area contributed by atoms with Crippen molar-refractivity contribution >= 4 is 21.8 Å². The van der Waals surface area contributed by atoms with Gasteiger partial charge < -0.3 is 11.1 Å². The van der Waals surface area contributed by atoms with Gasteiger partial charge in [-0.3, -0.25) is 4.79 Å². The standard InChI is InChI=1S/C17H19BrN2O/c1-12(14-8-5-9-15(18)10-14)20-17(21)11-16(19)13-6-3-2-4-7-13/h2-10,12,16H,11,19H2,1H3,(H,20,21)/t12-,16?/m1/s1. The summed E-state index contributed by atoms with van der Waals surface area (Å²) in [6.07, 6.45) is 0.280. The second kappa shape index (κ2) is 7.38. The molecule has 0 spiro atoms. The number of nitrogens with two attached hydrogens (primary N) is 1. The van der Waals surface area contributed by atoms with Crippen LogP contribution in [0.2, 0.25) is 0 Å².